The first-order valence-electron chi connectivity index (χ1n) is 5.63. The molecule has 2 nitrogen and oxygen atoms in total. The molecule has 0 aromatic heterocycles. The summed E-state index contributed by atoms with van der Waals surface area (Å²) in [6.45, 7) is 11.8. The van der Waals surface area contributed by atoms with Crippen LogP contribution in [0.4, 0.5) is 0 Å². The van der Waals surface area contributed by atoms with Crippen LogP contribution in [0.5, 0.6) is 0 Å². The first-order chi connectivity index (χ1) is 6.32. The zero-order chi connectivity index (χ0) is 10.9. The van der Waals surface area contributed by atoms with Gasteiger partial charge in [0.2, 0.25) is 5.91 Å². The number of hydrogen-bond donors (Lipinski definition) is 0. The minimum Gasteiger partial charge on any atom is -0.338 e. The molecule has 1 fully saturated rings. The molecule has 1 saturated heterocycles. The van der Waals surface area contributed by atoms with Gasteiger partial charge in [-0.2, -0.15) is 0 Å². The van der Waals surface area contributed by atoms with Crippen molar-refractivity contribution in [1.29, 1.82) is 0 Å². The number of hydrogen-bond acceptors (Lipinski definition) is 1. The molecule has 0 aromatic carbocycles. The average molecular weight is 197 g/mol. The van der Waals surface area contributed by atoms with E-state index in [-0.39, 0.29) is 5.54 Å². The van der Waals surface area contributed by atoms with E-state index >= 15 is 0 Å². The van der Waals surface area contributed by atoms with Gasteiger partial charge in [0.25, 0.3) is 0 Å². The monoisotopic (exact) mass is 197 g/mol. The maximum atomic E-state index is 11.7. The number of carbonyl (C=O) groups excluding carboxylic acids is 1. The van der Waals surface area contributed by atoms with E-state index < -0.39 is 0 Å². The molecule has 0 aromatic rings. The lowest BCUT2D eigenvalue weighted by atomic mass is 9.85. The highest BCUT2D eigenvalue weighted by Crippen LogP contribution is 2.28. The molecule has 1 rings (SSSR count). The fourth-order valence-electron chi connectivity index (χ4n) is 2.06. The number of piperidine rings is 1. The van der Waals surface area contributed by atoms with Gasteiger partial charge in [-0.25, -0.2) is 0 Å². The van der Waals surface area contributed by atoms with E-state index in [1.54, 1.807) is 0 Å². The van der Waals surface area contributed by atoms with Crippen molar-refractivity contribution in [3.8, 4) is 0 Å². The van der Waals surface area contributed by atoms with E-state index in [4.69, 9.17) is 0 Å². The van der Waals surface area contributed by atoms with Crippen molar-refractivity contribution in [2.75, 3.05) is 6.54 Å². The van der Waals surface area contributed by atoms with E-state index in [9.17, 15) is 4.79 Å². The van der Waals surface area contributed by atoms with Gasteiger partial charge in [-0.1, -0.05) is 13.8 Å². The molecule has 1 heterocycles. The van der Waals surface area contributed by atoms with Crippen LogP contribution in [-0.4, -0.2) is 22.9 Å². The van der Waals surface area contributed by atoms with Crippen molar-refractivity contribution in [2.24, 2.45) is 11.8 Å². The topological polar surface area (TPSA) is 20.3 Å². The van der Waals surface area contributed by atoms with Crippen molar-refractivity contribution in [1.82, 2.24) is 4.90 Å². The predicted molar refractivity (Wildman–Crippen MR) is 59.0 cm³/mol. The summed E-state index contributed by atoms with van der Waals surface area (Å²) >= 11 is 0. The number of nitrogens with zero attached hydrogens (tertiary/aromatic N) is 1. The van der Waals surface area contributed by atoms with Gasteiger partial charge in [0, 0.05) is 18.5 Å². The Labute approximate surface area is 87.7 Å². The second kappa shape index (κ2) is 3.92. The highest BCUT2D eigenvalue weighted by atomic mass is 16.2. The highest BCUT2D eigenvalue weighted by molar-refractivity contribution is 5.77. The molecule has 1 amide bonds. The zero-order valence-electron chi connectivity index (χ0n) is 10.1. The molecule has 0 bridgehead atoms. The maximum absolute atomic E-state index is 11.7. The van der Waals surface area contributed by atoms with Gasteiger partial charge >= 0.3 is 0 Å². The third-order valence-electron chi connectivity index (χ3n) is 3.20. The lowest BCUT2D eigenvalue weighted by molar-refractivity contribution is -0.140. The van der Waals surface area contributed by atoms with Crippen molar-refractivity contribution in [3.05, 3.63) is 0 Å². The molecule has 1 unspecified atom stereocenters. The SMILES string of the molecule is CC(C)C1CCC(=O)N(C(C)(C)C)C1. The second-order valence-corrected chi connectivity index (χ2v) is 5.72. The average Bonchev–Trinajstić information content (AvgIpc) is 2.02. The Morgan fingerprint density at radius 1 is 1.36 bits per heavy atom. The summed E-state index contributed by atoms with van der Waals surface area (Å²) in [5.74, 6) is 1.70. The second-order valence-electron chi connectivity index (χ2n) is 5.72. The molecule has 14 heavy (non-hydrogen) atoms. The first-order valence-corrected chi connectivity index (χ1v) is 5.63. The summed E-state index contributed by atoms with van der Waals surface area (Å²) in [5, 5.41) is 0. The van der Waals surface area contributed by atoms with Gasteiger partial charge in [0.05, 0.1) is 0 Å². The van der Waals surface area contributed by atoms with Crippen LogP contribution in [0.3, 0.4) is 0 Å². The third-order valence-corrected chi connectivity index (χ3v) is 3.20. The van der Waals surface area contributed by atoms with Crippen LogP contribution >= 0.6 is 0 Å². The quantitative estimate of drug-likeness (QED) is 0.633. The van der Waals surface area contributed by atoms with Gasteiger partial charge in [-0.3, -0.25) is 4.79 Å². The summed E-state index contributed by atoms with van der Waals surface area (Å²) < 4.78 is 0. The summed E-state index contributed by atoms with van der Waals surface area (Å²) in [6.07, 6.45) is 1.81. The fourth-order valence-corrected chi connectivity index (χ4v) is 2.06. The van der Waals surface area contributed by atoms with Crippen molar-refractivity contribution in [3.63, 3.8) is 0 Å². The molecule has 0 aliphatic carbocycles. The van der Waals surface area contributed by atoms with Crippen molar-refractivity contribution >= 4 is 5.91 Å². The van der Waals surface area contributed by atoms with E-state index in [0.717, 1.165) is 19.4 Å². The van der Waals surface area contributed by atoms with Crippen LogP contribution in [0.25, 0.3) is 0 Å². The molecule has 82 valence electrons. The van der Waals surface area contributed by atoms with E-state index in [0.29, 0.717) is 17.7 Å². The first kappa shape index (κ1) is 11.5. The Hall–Kier alpha value is -0.530. The molecule has 0 radical (unpaired) electrons. The Balaban J connectivity index is 2.70. The Bertz CT molecular complexity index is 215. The predicted octanol–water partition coefficient (Wildman–Crippen LogP) is 2.68. The minimum atomic E-state index is -0.00928. The van der Waals surface area contributed by atoms with Crippen molar-refractivity contribution in [2.45, 2.75) is 53.0 Å². The summed E-state index contributed by atoms with van der Waals surface area (Å²) in [4.78, 5) is 13.8. The molecule has 0 saturated carbocycles. The van der Waals surface area contributed by atoms with E-state index in [2.05, 4.69) is 34.6 Å². The smallest absolute Gasteiger partial charge is 0.223 e. The van der Waals surface area contributed by atoms with Crippen molar-refractivity contribution < 1.29 is 4.79 Å². The van der Waals surface area contributed by atoms with Gasteiger partial charge in [-0.15, -0.1) is 0 Å². The largest absolute Gasteiger partial charge is 0.338 e. The Morgan fingerprint density at radius 2 is 1.93 bits per heavy atom. The normalized spacial score (nSPS) is 24.6. The summed E-state index contributed by atoms with van der Waals surface area (Å²) in [6, 6.07) is 0. The highest BCUT2D eigenvalue weighted by Gasteiger charge is 2.33. The number of carbonyl (C=O) groups is 1. The Morgan fingerprint density at radius 3 is 2.36 bits per heavy atom. The zero-order valence-corrected chi connectivity index (χ0v) is 10.1. The molecular weight excluding hydrogens is 174 g/mol. The maximum Gasteiger partial charge on any atom is 0.223 e. The standard InChI is InChI=1S/C12H23NO/c1-9(2)10-6-7-11(14)13(8-10)12(3,4)5/h9-10H,6-8H2,1-5H3. The van der Waals surface area contributed by atoms with Gasteiger partial charge in [0.1, 0.15) is 0 Å². The fraction of sp³-hybridized carbons (Fsp3) is 0.917. The molecule has 1 aliphatic rings. The lowest BCUT2D eigenvalue weighted by Gasteiger charge is -2.42. The minimum absolute atomic E-state index is 0.00928. The van der Waals surface area contributed by atoms with E-state index in [1.165, 1.54) is 0 Å². The summed E-state index contributed by atoms with van der Waals surface area (Å²) in [7, 11) is 0. The molecule has 1 atom stereocenters. The number of rotatable bonds is 1. The number of amides is 1. The van der Waals surface area contributed by atoms with Gasteiger partial charge in [-0.05, 0) is 39.0 Å². The van der Waals surface area contributed by atoms with Crippen LogP contribution in [0.15, 0.2) is 0 Å². The molecular formula is C12H23NO. The van der Waals surface area contributed by atoms with Crippen LogP contribution in [-0.2, 0) is 4.79 Å². The lowest BCUT2D eigenvalue weighted by Crippen LogP contribution is -2.51. The molecule has 0 N–H and O–H groups in total. The third kappa shape index (κ3) is 2.49. The molecule has 1 aliphatic heterocycles. The van der Waals surface area contributed by atoms with Gasteiger partial charge in [0.15, 0.2) is 0 Å². The van der Waals surface area contributed by atoms with E-state index in [1.807, 2.05) is 4.90 Å². The number of likely N-dealkylation sites (tertiary alicyclic amines) is 1. The van der Waals surface area contributed by atoms with Crippen LogP contribution in [0, 0.1) is 11.8 Å². The van der Waals surface area contributed by atoms with Crippen LogP contribution in [0.2, 0.25) is 0 Å². The molecule has 0 spiro atoms. The molecule has 2 heteroatoms. The Kier molecular flexibility index (Phi) is 3.23. The van der Waals surface area contributed by atoms with Crippen LogP contribution < -0.4 is 0 Å². The van der Waals surface area contributed by atoms with Crippen LogP contribution in [0.1, 0.15) is 47.5 Å². The summed E-state index contributed by atoms with van der Waals surface area (Å²) in [5.41, 5.74) is -0.00928. The van der Waals surface area contributed by atoms with Gasteiger partial charge < -0.3 is 4.90 Å².